The van der Waals surface area contributed by atoms with Crippen LogP contribution in [0.2, 0.25) is 0 Å². The topological polar surface area (TPSA) is 35.5 Å². The summed E-state index contributed by atoms with van der Waals surface area (Å²) in [6.45, 7) is 10.0. The van der Waals surface area contributed by atoms with Crippen LogP contribution in [0, 0.1) is 5.92 Å². The van der Waals surface area contributed by atoms with Gasteiger partial charge < -0.3 is 9.31 Å². The van der Waals surface area contributed by atoms with Gasteiger partial charge in [0, 0.05) is 0 Å². The van der Waals surface area contributed by atoms with Crippen LogP contribution >= 0.6 is 11.6 Å². The van der Waals surface area contributed by atoms with Crippen molar-refractivity contribution < 1.29 is 14.1 Å². The minimum Gasteiger partial charge on any atom is -0.400 e. The molecule has 0 amide bonds. The molecule has 1 saturated heterocycles. The number of rotatable bonds is 2. The Morgan fingerprint density at radius 1 is 1.32 bits per heavy atom. The van der Waals surface area contributed by atoms with Crippen LogP contribution in [-0.4, -0.2) is 23.6 Å². The van der Waals surface area contributed by atoms with Crippen LogP contribution in [0.3, 0.4) is 0 Å². The number of allylic oxidation sites excluding steroid dienone is 4. The summed E-state index contributed by atoms with van der Waals surface area (Å²) in [5, 5.41) is -0.332. The number of carbonyl (C=O) groups excluding carboxylic acids is 1. The molecule has 104 valence electrons. The highest BCUT2D eigenvalue weighted by Crippen LogP contribution is 2.40. The fourth-order valence-corrected chi connectivity index (χ4v) is 2.47. The van der Waals surface area contributed by atoms with Crippen molar-refractivity contribution in [3.05, 3.63) is 23.2 Å². The molecule has 1 unspecified atom stereocenters. The average molecular weight is 283 g/mol. The Kier molecular flexibility index (Phi) is 3.71. The Balaban J connectivity index is 2.21. The van der Waals surface area contributed by atoms with Gasteiger partial charge in [0.2, 0.25) is 5.24 Å². The van der Waals surface area contributed by atoms with Crippen molar-refractivity contribution in [2.75, 3.05) is 0 Å². The van der Waals surface area contributed by atoms with E-state index in [2.05, 4.69) is 0 Å². The van der Waals surface area contributed by atoms with Crippen LogP contribution in [-0.2, 0) is 14.1 Å². The smallest absolute Gasteiger partial charge is 0.400 e. The molecule has 1 fully saturated rings. The van der Waals surface area contributed by atoms with Gasteiger partial charge in [-0.25, -0.2) is 0 Å². The third kappa shape index (κ3) is 2.81. The van der Waals surface area contributed by atoms with E-state index >= 15 is 0 Å². The van der Waals surface area contributed by atoms with E-state index in [1.165, 1.54) is 0 Å². The number of halogens is 1. The van der Waals surface area contributed by atoms with Crippen LogP contribution in [0.15, 0.2) is 23.2 Å². The highest BCUT2D eigenvalue weighted by Gasteiger charge is 2.52. The third-order valence-electron chi connectivity index (χ3n) is 4.18. The largest absolute Gasteiger partial charge is 0.490 e. The standard InChI is InChI=1S/C14H20BClO3/c1-9-6-10(12(16)17)8-11(7-9)15-18-13(2,3)14(4,5)19-15/h6-7,10H,8H2,1-5H3. The molecule has 0 radical (unpaired) electrons. The average Bonchev–Trinajstić information content (AvgIpc) is 2.47. The van der Waals surface area contributed by atoms with Crippen LogP contribution < -0.4 is 0 Å². The molecule has 0 saturated carbocycles. The summed E-state index contributed by atoms with van der Waals surface area (Å²) in [7, 11) is -0.396. The number of hydrogen-bond acceptors (Lipinski definition) is 3. The monoisotopic (exact) mass is 282 g/mol. The summed E-state index contributed by atoms with van der Waals surface area (Å²) in [6.07, 6.45) is 4.49. The maximum atomic E-state index is 11.4. The summed E-state index contributed by atoms with van der Waals surface area (Å²) in [6, 6.07) is 0. The van der Waals surface area contributed by atoms with E-state index < -0.39 is 7.12 Å². The maximum absolute atomic E-state index is 11.4. The molecule has 1 aliphatic heterocycles. The molecule has 2 rings (SSSR count). The van der Waals surface area contributed by atoms with Crippen molar-refractivity contribution in [3.8, 4) is 0 Å². The highest BCUT2D eigenvalue weighted by molar-refractivity contribution is 6.64. The summed E-state index contributed by atoms with van der Waals surface area (Å²) >= 11 is 5.61. The first-order valence-corrected chi connectivity index (χ1v) is 6.94. The fraction of sp³-hybridized carbons (Fsp3) is 0.643. The van der Waals surface area contributed by atoms with Crippen LogP contribution in [0.5, 0.6) is 0 Å². The molecule has 5 heteroatoms. The Hall–Kier alpha value is -0.575. The van der Waals surface area contributed by atoms with Crippen molar-refractivity contribution in [1.82, 2.24) is 0 Å². The summed E-state index contributed by atoms with van der Waals surface area (Å²) in [5.41, 5.74) is 1.27. The second kappa shape index (κ2) is 4.76. The van der Waals surface area contributed by atoms with Crippen molar-refractivity contribution >= 4 is 24.0 Å². The van der Waals surface area contributed by atoms with E-state index in [1.807, 2.05) is 46.8 Å². The van der Waals surface area contributed by atoms with E-state index in [0.29, 0.717) is 6.42 Å². The SMILES string of the molecule is CC1=CC(C(=O)Cl)CC(B2OC(C)(C)C(C)(C)O2)=C1. The Morgan fingerprint density at radius 2 is 1.84 bits per heavy atom. The Morgan fingerprint density at radius 3 is 2.32 bits per heavy atom. The minimum atomic E-state index is -0.396. The molecule has 0 N–H and O–H groups in total. The van der Waals surface area contributed by atoms with Crippen molar-refractivity contribution in [3.63, 3.8) is 0 Å². The lowest BCUT2D eigenvalue weighted by Crippen LogP contribution is -2.41. The van der Waals surface area contributed by atoms with E-state index in [4.69, 9.17) is 20.9 Å². The van der Waals surface area contributed by atoms with Gasteiger partial charge in [-0.3, -0.25) is 4.79 Å². The third-order valence-corrected chi connectivity index (χ3v) is 4.46. The molecule has 0 bridgehead atoms. The predicted molar refractivity (Wildman–Crippen MR) is 76.9 cm³/mol. The van der Waals surface area contributed by atoms with Gasteiger partial charge in [-0.2, -0.15) is 0 Å². The molecule has 1 heterocycles. The molecule has 2 aliphatic rings. The lowest BCUT2D eigenvalue weighted by molar-refractivity contribution is -0.113. The van der Waals surface area contributed by atoms with Crippen molar-refractivity contribution in [2.24, 2.45) is 5.92 Å². The van der Waals surface area contributed by atoms with E-state index in [-0.39, 0.29) is 22.4 Å². The van der Waals surface area contributed by atoms with Crippen molar-refractivity contribution in [1.29, 1.82) is 0 Å². The number of hydrogen-bond donors (Lipinski definition) is 0. The van der Waals surface area contributed by atoms with Crippen molar-refractivity contribution in [2.45, 2.75) is 52.2 Å². The van der Waals surface area contributed by atoms with Crippen LogP contribution in [0.4, 0.5) is 0 Å². The molecule has 1 atom stereocenters. The normalized spacial score (nSPS) is 28.9. The molecule has 0 aromatic heterocycles. The summed E-state index contributed by atoms with van der Waals surface area (Å²) < 4.78 is 12.0. The van der Waals surface area contributed by atoms with E-state index in [1.54, 1.807) is 0 Å². The lowest BCUT2D eigenvalue weighted by atomic mass is 9.70. The first-order chi connectivity index (χ1) is 8.62. The summed E-state index contributed by atoms with van der Waals surface area (Å²) in [4.78, 5) is 11.4. The zero-order valence-electron chi connectivity index (χ0n) is 12.1. The van der Waals surface area contributed by atoms with Gasteiger partial charge in [0.05, 0.1) is 17.1 Å². The molecule has 0 aromatic rings. The van der Waals surface area contributed by atoms with Crippen LogP contribution in [0.25, 0.3) is 0 Å². The van der Waals surface area contributed by atoms with Gasteiger partial charge >= 0.3 is 7.12 Å². The first-order valence-electron chi connectivity index (χ1n) is 6.56. The molecule has 0 spiro atoms. The molecule has 3 nitrogen and oxygen atoms in total. The highest BCUT2D eigenvalue weighted by atomic mass is 35.5. The molecule has 1 aliphatic carbocycles. The van der Waals surface area contributed by atoms with Crippen LogP contribution in [0.1, 0.15) is 41.0 Å². The van der Waals surface area contributed by atoms with E-state index in [9.17, 15) is 4.79 Å². The molecule has 0 aromatic carbocycles. The van der Waals surface area contributed by atoms with Gasteiger partial charge in [0.15, 0.2) is 0 Å². The number of carbonyl (C=O) groups is 1. The second-order valence-corrected chi connectivity index (χ2v) is 6.71. The van der Waals surface area contributed by atoms with Gasteiger partial charge in [-0.1, -0.05) is 17.7 Å². The second-order valence-electron chi connectivity index (χ2n) is 6.33. The zero-order valence-corrected chi connectivity index (χ0v) is 12.9. The first kappa shape index (κ1) is 14.8. The maximum Gasteiger partial charge on any atom is 0.490 e. The predicted octanol–water partition coefficient (Wildman–Crippen LogP) is 3.28. The lowest BCUT2D eigenvalue weighted by Gasteiger charge is -2.32. The zero-order chi connectivity index (χ0) is 14.4. The van der Waals surface area contributed by atoms with Gasteiger partial charge in [0.25, 0.3) is 0 Å². The Labute approximate surface area is 120 Å². The van der Waals surface area contributed by atoms with Gasteiger partial charge in [0.1, 0.15) is 0 Å². The molecular formula is C14H20BClO3. The fourth-order valence-electron chi connectivity index (χ4n) is 2.33. The summed E-state index contributed by atoms with van der Waals surface area (Å²) in [5.74, 6) is -0.277. The molecule has 19 heavy (non-hydrogen) atoms. The van der Waals surface area contributed by atoms with Gasteiger partial charge in [-0.15, -0.1) is 0 Å². The molecular weight excluding hydrogens is 262 g/mol. The minimum absolute atomic E-state index is 0.277. The quantitative estimate of drug-likeness (QED) is 0.576. The van der Waals surface area contributed by atoms with Gasteiger partial charge in [-0.05, 0) is 58.1 Å². The van der Waals surface area contributed by atoms with E-state index in [0.717, 1.165) is 11.0 Å². The Bertz CT molecular complexity index is 449.